The number of nitro benzene ring substituents is 1. The molecule has 184 valence electrons. The summed E-state index contributed by atoms with van der Waals surface area (Å²) in [5, 5.41) is 13.6. The minimum absolute atomic E-state index is 0.0242. The van der Waals surface area contributed by atoms with E-state index < -0.39 is 50.9 Å². The van der Waals surface area contributed by atoms with E-state index in [1.807, 2.05) is 0 Å². The summed E-state index contributed by atoms with van der Waals surface area (Å²) in [6.07, 6.45) is 0.821. The zero-order valence-corrected chi connectivity index (χ0v) is 19.8. The SMILES string of the molecule is CNC(=O)[C@H](C)N(Cc1ccccc1F)C(=O)CN(c1cc([N+](=O)[O-])ccc1OC)S(C)(=O)=O. The number of carbonyl (C=O) groups is 2. The van der Waals surface area contributed by atoms with E-state index in [0.29, 0.717) is 4.31 Å². The van der Waals surface area contributed by atoms with Crippen molar-refractivity contribution in [1.29, 1.82) is 0 Å². The second-order valence-electron chi connectivity index (χ2n) is 7.29. The summed E-state index contributed by atoms with van der Waals surface area (Å²) in [5.41, 5.74) is -0.532. The van der Waals surface area contributed by atoms with Gasteiger partial charge in [0.25, 0.3) is 5.69 Å². The molecule has 2 rings (SSSR count). The Labute approximate surface area is 196 Å². The van der Waals surface area contributed by atoms with Crippen molar-refractivity contribution >= 4 is 33.2 Å². The van der Waals surface area contributed by atoms with Gasteiger partial charge in [0.1, 0.15) is 29.8 Å². The van der Waals surface area contributed by atoms with Gasteiger partial charge in [0, 0.05) is 31.3 Å². The fourth-order valence-electron chi connectivity index (χ4n) is 3.18. The quantitative estimate of drug-likeness (QED) is 0.390. The van der Waals surface area contributed by atoms with E-state index in [9.17, 15) is 32.5 Å². The first-order valence-electron chi connectivity index (χ1n) is 9.95. The molecule has 0 aromatic heterocycles. The Morgan fingerprint density at radius 2 is 1.88 bits per heavy atom. The Hall–Kier alpha value is -3.74. The Morgan fingerprint density at radius 1 is 1.24 bits per heavy atom. The molecule has 11 nitrogen and oxygen atoms in total. The number of ether oxygens (including phenoxy) is 1. The first kappa shape index (κ1) is 26.5. The van der Waals surface area contributed by atoms with Gasteiger partial charge in [-0.3, -0.25) is 24.0 Å². The molecular formula is C21H25FN4O7S. The average molecular weight is 497 g/mol. The van der Waals surface area contributed by atoms with E-state index in [1.54, 1.807) is 6.07 Å². The number of nitro groups is 1. The standard InChI is InChI=1S/C21H25FN4O7S/c1-14(21(28)23-2)24(12-15-7-5-6-8-17(15)22)20(27)13-25(34(4,31)32)18-11-16(26(29)30)9-10-19(18)33-3/h5-11,14H,12-13H2,1-4H3,(H,23,28)/t14-/m0/s1. The van der Waals surface area contributed by atoms with Crippen molar-refractivity contribution in [3.63, 3.8) is 0 Å². The molecule has 0 unspecified atom stereocenters. The Bertz CT molecular complexity index is 1190. The topological polar surface area (TPSA) is 139 Å². The molecule has 34 heavy (non-hydrogen) atoms. The molecule has 0 saturated heterocycles. The number of anilines is 1. The molecule has 0 bridgehead atoms. The third-order valence-corrected chi connectivity index (χ3v) is 6.16. The van der Waals surface area contributed by atoms with E-state index in [1.165, 1.54) is 45.3 Å². The van der Waals surface area contributed by atoms with Crippen LogP contribution in [-0.4, -0.2) is 63.1 Å². The van der Waals surface area contributed by atoms with Gasteiger partial charge < -0.3 is 15.0 Å². The smallest absolute Gasteiger partial charge is 0.271 e. The van der Waals surface area contributed by atoms with Gasteiger partial charge in [0.15, 0.2) is 0 Å². The molecule has 0 aliphatic heterocycles. The van der Waals surface area contributed by atoms with E-state index in [0.717, 1.165) is 23.3 Å². The maximum Gasteiger partial charge on any atom is 0.271 e. The molecule has 1 N–H and O–H groups in total. The zero-order valence-electron chi connectivity index (χ0n) is 19.0. The highest BCUT2D eigenvalue weighted by molar-refractivity contribution is 7.92. The lowest BCUT2D eigenvalue weighted by Crippen LogP contribution is -2.50. The maximum atomic E-state index is 14.3. The van der Waals surface area contributed by atoms with Crippen molar-refractivity contribution in [2.45, 2.75) is 19.5 Å². The number of amides is 2. The monoisotopic (exact) mass is 496 g/mol. The van der Waals surface area contributed by atoms with Gasteiger partial charge in [-0.15, -0.1) is 0 Å². The minimum Gasteiger partial charge on any atom is -0.495 e. The normalized spacial score (nSPS) is 11.9. The highest BCUT2D eigenvalue weighted by Crippen LogP contribution is 2.33. The Kier molecular flexibility index (Phi) is 8.51. The van der Waals surface area contributed by atoms with Gasteiger partial charge in [-0.05, 0) is 19.1 Å². The number of halogens is 1. The largest absolute Gasteiger partial charge is 0.495 e. The molecule has 0 aliphatic rings. The summed E-state index contributed by atoms with van der Waals surface area (Å²) in [4.78, 5) is 37.1. The molecule has 0 aliphatic carbocycles. The molecule has 0 saturated carbocycles. The van der Waals surface area contributed by atoms with Crippen LogP contribution < -0.4 is 14.4 Å². The van der Waals surface area contributed by atoms with Crippen molar-refractivity contribution < 1.29 is 32.1 Å². The number of non-ortho nitro benzene ring substituents is 1. The number of methoxy groups -OCH3 is 1. The Balaban J connectivity index is 2.53. The number of nitrogens with one attached hydrogen (secondary N) is 1. The predicted molar refractivity (Wildman–Crippen MR) is 122 cm³/mol. The van der Waals surface area contributed by atoms with Gasteiger partial charge in [-0.1, -0.05) is 18.2 Å². The zero-order chi connectivity index (χ0) is 25.6. The predicted octanol–water partition coefficient (Wildman–Crippen LogP) is 1.67. The van der Waals surface area contributed by atoms with Crippen LogP contribution in [0.5, 0.6) is 5.75 Å². The number of likely N-dealkylation sites (N-methyl/N-ethyl adjacent to an activating group) is 1. The second kappa shape index (κ2) is 10.9. The third kappa shape index (κ3) is 6.19. The summed E-state index contributed by atoms with van der Waals surface area (Å²) in [6, 6.07) is 7.88. The molecule has 2 aromatic carbocycles. The molecule has 0 spiro atoms. The van der Waals surface area contributed by atoms with Crippen LogP contribution in [0.2, 0.25) is 0 Å². The first-order chi connectivity index (χ1) is 15.9. The van der Waals surface area contributed by atoms with Gasteiger partial charge >= 0.3 is 0 Å². The lowest BCUT2D eigenvalue weighted by molar-refractivity contribution is -0.384. The number of nitrogens with zero attached hydrogens (tertiary/aromatic N) is 3. The minimum atomic E-state index is -4.15. The number of carbonyl (C=O) groups excluding carboxylic acids is 2. The van der Waals surface area contributed by atoms with Crippen LogP contribution in [0.15, 0.2) is 42.5 Å². The van der Waals surface area contributed by atoms with Crippen LogP contribution in [0.4, 0.5) is 15.8 Å². The van der Waals surface area contributed by atoms with Gasteiger partial charge in [-0.2, -0.15) is 0 Å². The summed E-state index contributed by atoms with van der Waals surface area (Å²) in [7, 11) is -1.54. The van der Waals surface area contributed by atoms with E-state index >= 15 is 0 Å². The fraction of sp³-hybridized carbons (Fsp3) is 0.333. The van der Waals surface area contributed by atoms with Crippen LogP contribution in [0.25, 0.3) is 0 Å². The Morgan fingerprint density at radius 3 is 2.41 bits per heavy atom. The maximum absolute atomic E-state index is 14.3. The molecule has 1 atom stereocenters. The molecule has 0 fully saturated rings. The second-order valence-corrected chi connectivity index (χ2v) is 9.19. The molecule has 2 aromatic rings. The van der Waals surface area contributed by atoms with Gasteiger partial charge in [-0.25, -0.2) is 12.8 Å². The number of hydrogen-bond acceptors (Lipinski definition) is 7. The third-order valence-electron chi connectivity index (χ3n) is 5.03. The van der Waals surface area contributed by atoms with Crippen molar-refractivity contribution in [3.05, 3.63) is 64.0 Å². The fourth-order valence-corrected chi connectivity index (χ4v) is 4.03. The highest BCUT2D eigenvalue weighted by atomic mass is 32.2. The van der Waals surface area contributed by atoms with Crippen molar-refractivity contribution in [1.82, 2.24) is 10.2 Å². The molecule has 2 amide bonds. The van der Waals surface area contributed by atoms with Crippen LogP contribution in [0, 0.1) is 15.9 Å². The van der Waals surface area contributed by atoms with Crippen molar-refractivity contribution in [2.24, 2.45) is 0 Å². The van der Waals surface area contributed by atoms with Crippen LogP contribution in [-0.2, 0) is 26.2 Å². The van der Waals surface area contributed by atoms with Crippen molar-refractivity contribution in [2.75, 3.05) is 31.3 Å². The summed E-state index contributed by atoms with van der Waals surface area (Å²) >= 11 is 0. The lowest BCUT2D eigenvalue weighted by Gasteiger charge is -2.31. The van der Waals surface area contributed by atoms with Gasteiger partial charge in [0.05, 0.1) is 18.3 Å². The average Bonchev–Trinajstić information content (AvgIpc) is 2.79. The summed E-state index contributed by atoms with van der Waals surface area (Å²) in [5.74, 6) is -2.02. The first-order valence-corrected chi connectivity index (χ1v) is 11.8. The van der Waals surface area contributed by atoms with E-state index in [4.69, 9.17) is 4.74 Å². The number of sulfonamides is 1. The number of rotatable bonds is 10. The highest BCUT2D eigenvalue weighted by Gasteiger charge is 2.32. The van der Waals surface area contributed by atoms with E-state index in [2.05, 4.69) is 5.32 Å². The van der Waals surface area contributed by atoms with Crippen LogP contribution >= 0.6 is 0 Å². The van der Waals surface area contributed by atoms with Crippen LogP contribution in [0.1, 0.15) is 12.5 Å². The molecular weight excluding hydrogens is 471 g/mol. The number of hydrogen-bond donors (Lipinski definition) is 1. The van der Waals surface area contributed by atoms with E-state index in [-0.39, 0.29) is 23.5 Å². The number of benzene rings is 2. The molecule has 0 radical (unpaired) electrons. The molecule has 13 heteroatoms. The summed E-state index contributed by atoms with van der Waals surface area (Å²) < 4.78 is 45.3. The molecule has 0 heterocycles. The van der Waals surface area contributed by atoms with Gasteiger partial charge in [0.2, 0.25) is 21.8 Å². The summed E-state index contributed by atoms with van der Waals surface area (Å²) in [6.45, 7) is 0.284. The van der Waals surface area contributed by atoms with Crippen LogP contribution in [0.3, 0.4) is 0 Å². The lowest BCUT2D eigenvalue weighted by atomic mass is 10.1. The van der Waals surface area contributed by atoms with Crippen molar-refractivity contribution in [3.8, 4) is 5.75 Å².